The number of carbonyl (C=O) groups excluding carboxylic acids is 1. The Balaban J connectivity index is 2.15. The van der Waals surface area contributed by atoms with Gasteiger partial charge in [-0.3, -0.25) is 4.79 Å². The summed E-state index contributed by atoms with van der Waals surface area (Å²) in [6, 6.07) is 0. The van der Waals surface area contributed by atoms with Crippen LogP contribution >= 0.6 is 22.7 Å². The van der Waals surface area contributed by atoms with Crippen molar-refractivity contribution in [2.45, 2.75) is 19.3 Å². The summed E-state index contributed by atoms with van der Waals surface area (Å²) in [7, 11) is 0. The van der Waals surface area contributed by atoms with Crippen LogP contribution in [0.3, 0.4) is 0 Å². The number of Topliss-reactive ketones (excluding diaryl/α,β-unsaturated/α-hetero) is 1. The van der Waals surface area contributed by atoms with E-state index in [2.05, 4.69) is 4.98 Å². The molecule has 76 valence electrons. The molecule has 2 aromatic heterocycles. The third-order valence-electron chi connectivity index (χ3n) is 2.65. The van der Waals surface area contributed by atoms with Crippen LogP contribution in [0.25, 0.3) is 9.88 Å². The molecule has 0 aromatic carbocycles. The molecule has 2 heterocycles. The van der Waals surface area contributed by atoms with Crippen molar-refractivity contribution in [3.63, 3.8) is 0 Å². The van der Waals surface area contributed by atoms with Crippen molar-refractivity contribution in [1.82, 2.24) is 4.98 Å². The summed E-state index contributed by atoms with van der Waals surface area (Å²) in [4.78, 5) is 17.2. The molecule has 2 nitrogen and oxygen atoms in total. The van der Waals surface area contributed by atoms with Crippen LogP contribution < -0.4 is 0 Å². The fraction of sp³-hybridized carbons (Fsp3) is 0.273. The van der Waals surface area contributed by atoms with E-state index in [9.17, 15) is 4.79 Å². The molecule has 3 rings (SSSR count). The number of nitrogens with zero attached hydrogens (tertiary/aromatic N) is 1. The fourth-order valence-electron chi connectivity index (χ4n) is 1.94. The molecule has 0 saturated heterocycles. The highest BCUT2D eigenvalue weighted by Gasteiger charge is 2.23. The van der Waals surface area contributed by atoms with Crippen LogP contribution in [0.4, 0.5) is 0 Å². The molecule has 0 aliphatic heterocycles. The summed E-state index contributed by atoms with van der Waals surface area (Å²) >= 11 is 3.30. The minimum Gasteiger partial charge on any atom is -0.294 e. The van der Waals surface area contributed by atoms with Gasteiger partial charge in [-0.15, -0.1) is 22.7 Å². The van der Waals surface area contributed by atoms with Crippen LogP contribution in [0.15, 0.2) is 17.0 Å². The Hall–Kier alpha value is -1.00. The number of hydrogen-bond donors (Lipinski definition) is 0. The number of fused-ring (bicyclic) bond motifs is 1. The van der Waals surface area contributed by atoms with Gasteiger partial charge in [-0.2, -0.15) is 0 Å². The van der Waals surface area contributed by atoms with E-state index < -0.39 is 0 Å². The standard InChI is InChI=1S/C11H9NOS2/c13-9-3-1-2-7-8(9)6-15-10(7)11-12-4-5-14-11/h4-6H,1-3H2. The largest absolute Gasteiger partial charge is 0.294 e. The molecule has 2 aromatic rings. The Bertz CT molecular complexity index is 499. The molecule has 1 aliphatic carbocycles. The number of hydrogen-bond acceptors (Lipinski definition) is 4. The molecule has 1 aliphatic rings. The number of ketones is 1. The minimum atomic E-state index is 0.301. The third kappa shape index (κ3) is 1.44. The van der Waals surface area contributed by atoms with Crippen molar-refractivity contribution in [3.8, 4) is 9.88 Å². The van der Waals surface area contributed by atoms with Gasteiger partial charge in [-0.05, 0) is 18.4 Å². The Kier molecular flexibility index (Phi) is 2.18. The minimum absolute atomic E-state index is 0.301. The summed E-state index contributed by atoms with van der Waals surface area (Å²) in [5.74, 6) is 0.301. The van der Waals surface area contributed by atoms with Gasteiger partial charge >= 0.3 is 0 Å². The maximum atomic E-state index is 11.7. The van der Waals surface area contributed by atoms with Crippen molar-refractivity contribution in [3.05, 3.63) is 28.1 Å². The zero-order chi connectivity index (χ0) is 10.3. The molecule has 0 N–H and O–H groups in total. The van der Waals surface area contributed by atoms with Gasteiger partial charge < -0.3 is 0 Å². The van der Waals surface area contributed by atoms with Crippen molar-refractivity contribution in [2.24, 2.45) is 0 Å². The molecule has 0 unspecified atom stereocenters. The molecule has 0 bridgehead atoms. The summed E-state index contributed by atoms with van der Waals surface area (Å²) in [5, 5.41) is 5.02. The Morgan fingerprint density at radius 2 is 2.20 bits per heavy atom. The predicted octanol–water partition coefficient (Wildman–Crippen LogP) is 3.39. The zero-order valence-electron chi connectivity index (χ0n) is 8.03. The normalized spacial score (nSPS) is 15.3. The third-order valence-corrected chi connectivity index (χ3v) is 4.60. The zero-order valence-corrected chi connectivity index (χ0v) is 9.66. The average molecular weight is 235 g/mol. The van der Waals surface area contributed by atoms with Gasteiger partial charge in [0.15, 0.2) is 5.78 Å². The van der Waals surface area contributed by atoms with Crippen LogP contribution in [-0.4, -0.2) is 10.8 Å². The number of aromatic nitrogens is 1. The first-order valence-electron chi connectivity index (χ1n) is 4.89. The van der Waals surface area contributed by atoms with E-state index in [0.29, 0.717) is 12.2 Å². The lowest BCUT2D eigenvalue weighted by Crippen LogP contribution is -2.08. The predicted molar refractivity (Wildman–Crippen MR) is 62.7 cm³/mol. The van der Waals surface area contributed by atoms with Gasteiger partial charge in [0.05, 0.1) is 4.88 Å². The summed E-state index contributed by atoms with van der Waals surface area (Å²) in [5.41, 5.74) is 2.17. The molecule has 0 amide bonds. The average Bonchev–Trinajstić information content (AvgIpc) is 2.85. The fourth-order valence-corrected chi connectivity index (χ4v) is 3.85. The lowest BCUT2D eigenvalue weighted by atomic mass is 9.93. The van der Waals surface area contributed by atoms with E-state index in [1.165, 1.54) is 10.4 Å². The molecule has 0 saturated carbocycles. The first kappa shape index (κ1) is 9.24. The van der Waals surface area contributed by atoms with Crippen molar-refractivity contribution in [1.29, 1.82) is 0 Å². The molecule has 0 fully saturated rings. The van der Waals surface area contributed by atoms with Crippen LogP contribution in [0.5, 0.6) is 0 Å². The van der Waals surface area contributed by atoms with Crippen LogP contribution in [0.1, 0.15) is 28.8 Å². The smallest absolute Gasteiger partial charge is 0.164 e. The van der Waals surface area contributed by atoms with Gasteiger partial charge in [0.1, 0.15) is 5.01 Å². The Morgan fingerprint density at radius 1 is 1.27 bits per heavy atom. The van der Waals surface area contributed by atoms with Crippen molar-refractivity contribution in [2.75, 3.05) is 0 Å². The molecule has 0 radical (unpaired) electrons. The number of thiazole rings is 1. The first-order valence-corrected chi connectivity index (χ1v) is 6.65. The lowest BCUT2D eigenvalue weighted by Gasteiger charge is -2.10. The number of rotatable bonds is 1. The topological polar surface area (TPSA) is 30.0 Å². The SMILES string of the molecule is O=C1CCCc2c1csc2-c1nccs1. The molecule has 0 atom stereocenters. The van der Waals surface area contributed by atoms with Gasteiger partial charge in [-0.1, -0.05) is 0 Å². The van der Waals surface area contributed by atoms with E-state index in [4.69, 9.17) is 0 Å². The van der Waals surface area contributed by atoms with Crippen molar-refractivity contribution >= 4 is 28.5 Å². The molecular weight excluding hydrogens is 226 g/mol. The van der Waals surface area contributed by atoms with Gasteiger partial charge in [0, 0.05) is 28.9 Å². The molecular formula is C11H9NOS2. The highest BCUT2D eigenvalue weighted by atomic mass is 32.1. The first-order chi connectivity index (χ1) is 7.36. The Morgan fingerprint density at radius 3 is 3.00 bits per heavy atom. The number of carbonyl (C=O) groups is 1. The highest BCUT2D eigenvalue weighted by molar-refractivity contribution is 7.20. The lowest BCUT2D eigenvalue weighted by molar-refractivity contribution is 0.0973. The highest BCUT2D eigenvalue weighted by Crippen LogP contribution is 2.37. The molecule has 0 spiro atoms. The van der Waals surface area contributed by atoms with E-state index in [-0.39, 0.29) is 0 Å². The second-order valence-corrected chi connectivity index (χ2v) is 5.35. The maximum absolute atomic E-state index is 11.7. The second kappa shape index (κ2) is 3.54. The maximum Gasteiger partial charge on any atom is 0.164 e. The van der Waals surface area contributed by atoms with E-state index >= 15 is 0 Å². The number of thiophene rings is 1. The van der Waals surface area contributed by atoms with E-state index in [0.717, 1.165) is 23.4 Å². The summed E-state index contributed by atoms with van der Waals surface area (Å²) < 4.78 is 0. The quantitative estimate of drug-likeness (QED) is 0.758. The van der Waals surface area contributed by atoms with Gasteiger partial charge in [-0.25, -0.2) is 4.98 Å². The molecule has 15 heavy (non-hydrogen) atoms. The summed E-state index contributed by atoms with van der Waals surface area (Å²) in [6.07, 6.45) is 4.54. The van der Waals surface area contributed by atoms with Crippen LogP contribution in [0, 0.1) is 0 Å². The summed E-state index contributed by atoms with van der Waals surface area (Å²) in [6.45, 7) is 0. The van der Waals surface area contributed by atoms with Crippen LogP contribution in [-0.2, 0) is 6.42 Å². The van der Waals surface area contributed by atoms with Gasteiger partial charge in [0.25, 0.3) is 0 Å². The van der Waals surface area contributed by atoms with E-state index in [1.807, 2.05) is 17.0 Å². The molecule has 4 heteroatoms. The van der Waals surface area contributed by atoms with Crippen molar-refractivity contribution < 1.29 is 4.79 Å². The second-order valence-electron chi connectivity index (χ2n) is 3.57. The van der Waals surface area contributed by atoms with E-state index in [1.54, 1.807) is 22.7 Å². The van der Waals surface area contributed by atoms with Gasteiger partial charge in [0.2, 0.25) is 0 Å². The Labute approximate surface area is 95.6 Å². The van der Waals surface area contributed by atoms with Crippen LogP contribution in [0.2, 0.25) is 0 Å². The monoisotopic (exact) mass is 235 g/mol.